The lowest BCUT2D eigenvalue weighted by Crippen LogP contribution is -2.46. The number of carbonyl (C=O) groups is 1. The smallest absolute Gasteiger partial charge is 0.238 e. The van der Waals surface area contributed by atoms with Crippen LogP contribution >= 0.6 is 11.6 Å². The average Bonchev–Trinajstić information content (AvgIpc) is 2.77. The molecule has 3 N–H and O–H groups in total. The van der Waals surface area contributed by atoms with Crippen LogP contribution in [0.3, 0.4) is 0 Å². The summed E-state index contributed by atoms with van der Waals surface area (Å²) in [5.74, 6) is 5.94. The van der Waals surface area contributed by atoms with Crippen molar-refractivity contribution in [3.05, 3.63) is 58.6 Å². The number of rotatable bonds is 10. The second kappa shape index (κ2) is 12.5. The summed E-state index contributed by atoms with van der Waals surface area (Å²) in [5, 5.41) is 2.11. The Bertz CT molecular complexity index is 1130. The van der Waals surface area contributed by atoms with Crippen molar-refractivity contribution >= 4 is 27.3 Å². The van der Waals surface area contributed by atoms with E-state index in [0.29, 0.717) is 22.9 Å². The highest BCUT2D eigenvalue weighted by Gasteiger charge is 2.33. The summed E-state index contributed by atoms with van der Waals surface area (Å²) < 4.78 is 35.0. The van der Waals surface area contributed by atoms with E-state index in [0.717, 1.165) is 17.4 Å². The summed E-state index contributed by atoms with van der Waals surface area (Å²) in [6, 6.07) is 12.7. The molecule has 0 radical (unpaired) electrons. The summed E-state index contributed by atoms with van der Waals surface area (Å²) >= 11 is 6.08. The summed E-state index contributed by atoms with van der Waals surface area (Å²) in [7, 11) is -2.03. The molecule has 0 bridgehead atoms. The first-order valence-electron chi connectivity index (χ1n) is 10.4. The van der Waals surface area contributed by atoms with E-state index >= 15 is 0 Å². The molecule has 0 spiro atoms. The van der Waals surface area contributed by atoms with Gasteiger partial charge >= 0.3 is 0 Å². The summed E-state index contributed by atoms with van der Waals surface area (Å²) in [5.41, 5.74) is 7.19. The van der Waals surface area contributed by atoms with Crippen LogP contribution in [0.1, 0.15) is 18.1 Å². The van der Waals surface area contributed by atoms with Crippen molar-refractivity contribution in [3.63, 3.8) is 0 Å². The van der Waals surface area contributed by atoms with E-state index in [1.807, 2.05) is 24.3 Å². The fourth-order valence-electron chi connectivity index (χ4n) is 3.22. The molecule has 33 heavy (non-hydrogen) atoms. The number of ether oxygens (including phenoxy) is 2. The minimum Gasteiger partial charge on any atom is -0.493 e. The van der Waals surface area contributed by atoms with Crippen LogP contribution in [0, 0.1) is 17.8 Å². The molecule has 2 aromatic carbocycles. The predicted molar refractivity (Wildman–Crippen MR) is 130 cm³/mol. The molecule has 2 aromatic rings. The Kier molecular flexibility index (Phi) is 10.0. The molecule has 7 nitrogen and oxygen atoms in total. The van der Waals surface area contributed by atoms with Gasteiger partial charge in [-0.25, -0.2) is 8.42 Å². The number of sulfone groups is 1. The van der Waals surface area contributed by atoms with Gasteiger partial charge in [0.25, 0.3) is 0 Å². The second-order valence-electron chi connectivity index (χ2n) is 7.56. The van der Waals surface area contributed by atoms with Gasteiger partial charge in [0.2, 0.25) is 5.91 Å². The van der Waals surface area contributed by atoms with Gasteiger partial charge in [-0.15, -0.1) is 0 Å². The number of benzene rings is 2. The molecule has 0 aromatic heterocycles. The summed E-state index contributed by atoms with van der Waals surface area (Å²) in [4.78, 5) is 12.4. The van der Waals surface area contributed by atoms with Crippen LogP contribution in [0.15, 0.2) is 42.5 Å². The molecule has 9 heteroatoms. The topological polar surface area (TPSA) is 108 Å². The lowest BCUT2D eigenvalue weighted by Gasteiger charge is -2.20. The van der Waals surface area contributed by atoms with Crippen LogP contribution in [-0.4, -0.2) is 52.6 Å². The zero-order valence-corrected chi connectivity index (χ0v) is 20.5. The van der Waals surface area contributed by atoms with Gasteiger partial charge in [-0.3, -0.25) is 4.79 Å². The number of halogens is 1. The van der Waals surface area contributed by atoms with E-state index in [9.17, 15) is 13.2 Å². The van der Waals surface area contributed by atoms with Gasteiger partial charge in [0, 0.05) is 18.4 Å². The molecule has 0 saturated heterocycles. The fourth-order valence-corrected chi connectivity index (χ4v) is 4.83. The fraction of sp³-hybridized carbons (Fsp3) is 0.375. The standard InChI is InChI=1S/C24H29ClN2O5S/c1-17(16-26)23(33(3,29)30)24(28)27-13-12-18-10-11-21(22(15-18)31-2)32-14-6-8-19-7-4-5-9-20(19)25/h4-5,7,9-11,15,17,23H,12-14,16,26H2,1-3H3,(H,27,28). The first-order valence-corrected chi connectivity index (χ1v) is 12.7. The Morgan fingerprint density at radius 2 is 1.94 bits per heavy atom. The summed E-state index contributed by atoms with van der Waals surface area (Å²) in [6.45, 7) is 2.18. The highest BCUT2D eigenvalue weighted by Crippen LogP contribution is 2.28. The molecule has 0 heterocycles. The van der Waals surface area contributed by atoms with Crippen molar-refractivity contribution in [1.29, 1.82) is 0 Å². The van der Waals surface area contributed by atoms with Gasteiger partial charge in [-0.1, -0.05) is 48.6 Å². The number of methoxy groups -OCH3 is 1. The van der Waals surface area contributed by atoms with Gasteiger partial charge in [0.15, 0.2) is 21.3 Å². The Balaban J connectivity index is 1.95. The van der Waals surface area contributed by atoms with Crippen LogP contribution in [0.25, 0.3) is 0 Å². The molecule has 2 unspecified atom stereocenters. The molecule has 0 saturated carbocycles. The highest BCUT2D eigenvalue weighted by molar-refractivity contribution is 7.92. The van der Waals surface area contributed by atoms with E-state index in [4.69, 9.17) is 26.8 Å². The lowest BCUT2D eigenvalue weighted by molar-refractivity contribution is -0.121. The summed E-state index contributed by atoms with van der Waals surface area (Å²) in [6.07, 6.45) is 1.54. The van der Waals surface area contributed by atoms with Gasteiger partial charge in [0.1, 0.15) is 11.9 Å². The molecular weight excluding hydrogens is 464 g/mol. The van der Waals surface area contributed by atoms with Crippen LogP contribution < -0.4 is 20.5 Å². The number of nitrogens with one attached hydrogen (secondary N) is 1. The van der Waals surface area contributed by atoms with Crippen molar-refractivity contribution in [2.24, 2.45) is 11.7 Å². The Hall–Kier alpha value is -2.73. The minimum atomic E-state index is -3.57. The number of hydrogen-bond donors (Lipinski definition) is 2. The zero-order chi connectivity index (χ0) is 24.4. The molecule has 2 rings (SSSR count). The largest absolute Gasteiger partial charge is 0.493 e. The molecule has 0 aliphatic heterocycles. The van der Waals surface area contributed by atoms with E-state index in [-0.39, 0.29) is 19.7 Å². The Morgan fingerprint density at radius 3 is 2.58 bits per heavy atom. The van der Waals surface area contributed by atoms with Crippen molar-refractivity contribution in [1.82, 2.24) is 5.32 Å². The van der Waals surface area contributed by atoms with Gasteiger partial charge in [-0.05, 0) is 48.7 Å². The Labute approximate surface area is 200 Å². The number of hydrogen-bond acceptors (Lipinski definition) is 6. The maximum Gasteiger partial charge on any atom is 0.238 e. The zero-order valence-electron chi connectivity index (χ0n) is 18.9. The monoisotopic (exact) mass is 492 g/mol. The number of nitrogens with two attached hydrogens (primary N) is 1. The highest BCUT2D eigenvalue weighted by atomic mass is 35.5. The maximum absolute atomic E-state index is 12.4. The Morgan fingerprint density at radius 1 is 1.21 bits per heavy atom. The first kappa shape index (κ1) is 26.5. The van der Waals surface area contributed by atoms with Crippen LogP contribution in [0.2, 0.25) is 5.02 Å². The van der Waals surface area contributed by atoms with Crippen molar-refractivity contribution in [2.75, 3.05) is 33.1 Å². The molecule has 178 valence electrons. The molecule has 2 atom stereocenters. The molecule has 1 amide bonds. The van der Waals surface area contributed by atoms with Crippen LogP contribution in [0.5, 0.6) is 11.5 Å². The van der Waals surface area contributed by atoms with Gasteiger partial charge in [0.05, 0.1) is 12.1 Å². The number of carbonyl (C=O) groups excluding carboxylic acids is 1. The maximum atomic E-state index is 12.4. The normalized spacial score (nSPS) is 12.8. The van der Waals surface area contributed by atoms with Crippen LogP contribution in [-0.2, 0) is 21.1 Å². The van der Waals surface area contributed by atoms with Gasteiger partial charge in [-0.2, -0.15) is 0 Å². The molecule has 0 aliphatic carbocycles. The van der Waals surface area contributed by atoms with Crippen molar-refractivity contribution in [3.8, 4) is 23.3 Å². The minimum absolute atomic E-state index is 0.104. The molecular formula is C24H29ClN2O5S. The van der Waals surface area contributed by atoms with Crippen molar-refractivity contribution < 1.29 is 22.7 Å². The quantitative estimate of drug-likeness (QED) is 0.493. The third-order valence-electron chi connectivity index (χ3n) is 4.95. The average molecular weight is 493 g/mol. The van der Waals surface area contributed by atoms with Crippen molar-refractivity contribution in [2.45, 2.75) is 18.6 Å². The first-order chi connectivity index (χ1) is 15.7. The lowest BCUT2D eigenvalue weighted by atomic mass is 10.1. The van der Waals surface area contributed by atoms with E-state index in [1.54, 1.807) is 25.1 Å². The third-order valence-corrected chi connectivity index (χ3v) is 6.88. The van der Waals surface area contributed by atoms with E-state index in [1.165, 1.54) is 7.11 Å². The van der Waals surface area contributed by atoms with Crippen LogP contribution in [0.4, 0.5) is 0 Å². The second-order valence-corrected chi connectivity index (χ2v) is 10.1. The molecule has 0 fully saturated rings. The third kappa shape index (κ3) is 7.97. The molecule has 0 aliphatic rings. The van der Waals surface area contributed by atoms with E-state index in [2.05, 4.69) is 17.2 Å². The van der Waals surface area contributed by atoms with Gasteiger partial charge < -0.3 is 20.5 Å². The predicted octanol–water partition coefficient (Wildman–Crippen LogP) is 2.45. The number of amides is 1. The SMILES string of the molecule is COc1cc(CCNC(=O)C(C(C)CN)S(C)(=O)=O)ccc1OCC#Cc1ccccc1Cl. The van der Waals surface area contributed by atoms with E-state index < -0.39 is 26.9 Å².